The van der Waals surface area contributed by atoms with Crippen LogP contribution in [0.1, 0.15) is 91.5 Å². The number of urea groups is 1. The fourth-order valence-electron chi connectivity index (χ4n) is 6.58. The van der Waals surface area contributed by atoms with Gasteiger partial charge in [-0.3, -0.25) is 0 Å². The van der Waals surface area contributed by atoms with Gasteiger partial charge >= 0.3 is 12.0 Å². The van der Waals surface area contributed by atoms with Crippen molar-refractivity contribution in [3.63, 3.8) is 0 Å². The molecule has 0 bridgehead atoms. The predicted octanol–water partition coefficient (Wildman–Crippen LogP) is 6.47. The minimum atomic E-state index is -1.14. The standard InChI is InChI=1S/C32H42N2O5/c1-19-22-11-10-16-38-26(22)13-12-23(19)27-20(2)24-17-34(31(37)33-14-8-7-9-15-33)18-25(24)21(3)28(27)29(30(35)36)39-32(4,5)6/h12-13,29H,7-11,14-18H2,1-6H3,(H,35,36). The molecule has 2 aromatic carbocycles. The second kappa shape index (κ2) is 10.5. The monoisotopic (exact) mass is 534 g/mol. The van der Waals surface area contributed by atoms with Gasteiger partial charge in [0.25, 0.3) is 0 Å². The number of carbonyl (C=O) groups is 2. The molecule has 1 fully saturated rings. The molecule has 1 N–H and O–H groups in total. The van der Waals surface area contributed by atoms with Crippen molar-refractivity contribution in [1.29, 1.82) is 0 Å². The normalized spacial score (nSPS) is 17.9. The van der Waals surface area contributed by atoms with E-state index in [9.17, 15) is 14.7 Å². The van der Waals surface area contributed by atoms with E-state index in [1.807, 2.05) is 43.6 Å². The number of rotatable bonds is 4. The zero-order valence-corrected chi connectivity index (χ0v) is 24.3. The van der Waals surface area contributed by atoms with E-state index in [4.69, 9.17) is 9.47 Å². The zero-order valence-electron chi connectivity index (χ0n) is 24.3. The second-order valence-corrected chi connectivity index (χ2v) is 12.3. The van der Waals surface area contributed by atoms with Crippen molar-refractivity contribution in [3.8, 4) is 16.9 Å². The average molecular weight is 535 g/mol. The summed E-state index contributed by atoms with van der Waals surface area (Å²) < 4.78 is 12.2. The fraction of sp³-hybridized carbons (Fsp3) is 0.562. The van der Waals surface area contributed by atoms with E-state index in [1.54, 1.807) is 0 Å². The summed E-state index contributed by atoms with van der Waals surface area (Å²) in [6.07, 6.45) is 4.03. The molecule has 0 aromatic heterocycles. The lowest BCUT2D eigenvalue weighted by Crippen LogP contribution is -2.43. The van der Waals surface area contributed by atoms with Crippen molar-refractivity contribution in [2.75, 3.05) is 19.7 Å². The summed E-state index contributed by atoms with van der Waals surface area (Å²) in [5.74, 6) is -0.0922. The van der Waals surface area contributed by atoms with E-state index in [1.165, 1.54) is 12.0 Å². The Labute approximate surface area is 232 Å². The Morgan fingerprint density at radius 1 is 0.897 bits per heavy atom. The van der Waals surface area contributed by atoms with Crippen molar-refractivity contribution in [2.45, 2.75) is 98.4 Å². The minimum Gasteiger partial charge on any atom is -0.493 e. The third-order valence-corrected chi connectivity index (χ3v) is 8.52. The summed E-state index contributed by atoms with van der Waals surface area (Å²) >= 11 is 0. The number of hydrogen-bond donors (Lipinski definition) is 1. The highest BCUT2D eigenvalue weighted by Crippen LogP contribution is 2.46. The molecule has 2 aromatic rings. The number of likely N-dealkylation sites (tertiary alicyclic amines) is 1. The molecule has 5 rings (SSSR count). The zero-order chi connectivity index (χ0) is 28.1. The van der Waals surface area contributed by atoms with Crippen molar-refractivity contribution in [3.05, 3.63) is 51.1 Å². The van der Waals surface area contributed by atoms with Crippen LogP contribution >= 0.6 is 0 Å². The van der Waals surface area contributed by atoms with Crippen LogP contribution < -0.4 is 4.74 Å². The first-order valence-corrected chi connectivity index (χ1v) is 14.3. The molecule has 39 heavy (non-hydrogen) atoms. The van der Waals surface area contributed by atoms with Gasteiger partial charge in [-0.1, -0.05) is 6.07 Å². The van der Waals surface area contributed by atoms with Crippen molar-refractivity contribution in [2.24, 2.45) is 0 Å². The van der Waals surface area contributed by atoms with Crippen molar-refractivity contribution in [1.82, 2.24) is 9.80 Å². The Balaban J connectivity index is 1.68. The summed E-state index contributed by atoms with van der Waals surface area (Å²) in [6.45, 7) is 15.2. The molecule has 3 aliphatic rings. The molecule has 0 spiro atoms. The highest BCUT2D eigenvalue weighted by molar-refractivity contribution is 5.86. The summed E-state index contributed by atoms with van der Waals surface area (Å²) in [5.41, 5.74) is 8.40. The number of aliphatic carboxylic acids is 1. The predicted molar refractivity (Wildman–Crippen MR) is 151 cm³/mol. The van der Waals surface area contributed by atoms with Crippen LogP contribution in [0.2, 0.25) is 0 Å². The van der Waals surface area contributed by atoms with Crippen LogP contribution in [0.3, 0.4) is 0 Å². The molecule has 7 heteroatoms. The van der Waals surface area contributed by atoms with E-state index in [2.05, 4.69) is 19.9 Å². The number of amides is 2. The summed E-state index contributed by atoms with van der Waals surface area (Å²) in [7, 11) is 0. The number of benzene rings is 2. The van der Waals surface area contributed by atoms with Crippen LogP contribution in [-0.2, 0) is 29.0 Å². The SMILES string of the molecule is Cc1c(-c2c(C)c3c(c(C)c2C(OC(C)(C)C)C(=O)O)CN(C(=O)N2CCCCC2)C3)ccc2c1CCCO2. The molecular formula is C32H42N2O5. The molecule has 210 valence electrons. The third kappa shape index (κ3) is 5.13. The van der Waals surface area contributed by atoms with Gasteiger partial charge in [-0.2, -0.15) is 0 Å². The summed E-state index contributed by atoms with van der Waals surface area (Å²) in [4.78, 5) is 30.2. The molecule has 0 aliphatic carbocycles. The highest BCUT2D eigenvalue weighted by Gasteiger charge is 2.38. The van der Waals surface area contributed by atoms with Crippen LogP contribution in [0.4, 0.5) is 4.79 Å². The van der Waals surface area contributed by atoms with Gasteiger partial charge < -0.3 is 24.4 Å². The van der Waals surface area contributed by atoms with Gasteiger partial charge in [0.15, 0.2) is 6.10 Å². The van der Waals surface area contributed by atoms with Gasteiger partial charge in [-0.25, -0.2) is 9.59 Å². The maximum atomic E-state index is 13.5. The Hall–Kier alpha value is -3.06. The smallest absolute Gasteiger partial charge is 0.337 e. The first-order chi connectivity index (χ1) is 18.5. The maximum Gasteiger partial charge on any atom is 0.337 e. The van der Waals surface area contributed by atoms with Gasteiger partial charge in [-0.15, -0.1) is 0 Å². The molecule has 3 aliphatic heterocycles. The lowest BCUT2D eigenvalue weighted by molar-refractivity contribution is -0.160. The fourth-order valence-corrected chi connectivity index (χ4v) is 6.58. The number of carboxylic acids is 1. The molecule has 1 unspecified atom stereocenters. The average Bonchev–Trinajstić information content (AvgIpc) is 3.36. The number of piperidine rings is 1. The third-order valence-electron chi connectivity index (χ3n) is 8.52. The number of fused-ring (bicyclic) bond motifs is 2. The Morgan fingerprint density at radius 3 is 2.21 bits per heavy atom. The number of ether oxygens (including phenoxy) is 2. The first-order valence-electron chi connectivity index (χ1n) is 14.3. The molecule has 0 saturated carbocycles. The number of nitrogens with zero attached hydrogens (tertiary/aromatic N) is 2. The van der Waals surface area contributed by atoms with E-state index in [-0.39, 0.29) is 6.03 Å². The second-order valence-electron chi connectivity index (χ2n) is 12.3. The van der Waals surface area contributed by atoms with Gasteiger partial charge in [-0.05, 0) is 124 Å². The van der Waals surface area contributed by atoms with Crippen LogP contribution in [0, 0.1) is 20.8 Å². The van der Waals surface area contributed by atoms with Gasteiger partial charge in [0.2, 0.25) is 0 Å². The Kier molecular flexibility index (Phi) is 7.40. The Bertz CT molecular complexity index is 1300. The minimum absolute atomic E-state index is 0.0793. The van der Waals surface area contributed by atoms with E-state index >= 15 is 0 Å². The lowest BCUT2D eigenvalue weighted by atomic mass is 9.81. The van der Waals surface area contributed by atoms with Crippen molar-refractivity contribution >= 4 is 12.0 Å². The quantitative estimate of drug-likeness (QED) is 0.487. The highest BCUT2D eigenvalue weighted by atomic mass is 16.5. The first kappa shape index (κ1) is 27.5. The molecule has 1 saturated heterocycles. The molecule has 7 nitrogen and oxygen atoms in total. The van der Waals surface area contributed by atoms with E-state index < -0.39 is 17.7 Å². The Morgan fingerprint density at radius 2 is 1.56 bits per heavy atom. The van der Waals surface area contributed by atoms with E-state index in [0.29, 0.717) is 18.7 Å². The lowest BCUT2D eigenvalue weighted by Gasteiger charge is -2.31. The van der Waals surface area contributed by atoms with Crippen LogP contribution in [0.5, 0.6) is 5.75 Å². The summed E-state index contributed by atoms with van der Waals surface area (Å²) in [5, 5.41) is 10.5. The molecule has 1 atom stereocenters. The van der Waals surface area contributed by atoms with Gasteiger partial charge in [0.05, 0.1) is 12.2 Å². The van der Waals surface area contributed by atoms with Crippen molar-refractivity contribution < 1.29 is 24.2 Å². The van der Waals surface area contributed by atoms with E-state index in [0.717, 1.165) is 90.1 Å². The molecule has 0 radical (unpaired) electrons. The number of carbonyl (C=O) groups excluding carboxylic acids is 1. The van der Waals surface area contributed by atoms with Crippen LogP contribution in [-0.4, -0.2) is 52.2 Å². The van der Waals surface area contributed by atoms with Gasteiger partial charge in [0.1, 0.15) is 5.75 Å². The topological polar surface area (TPSA) is 79.3 Å². The number of hydrogen-bond acceptors (Lipinski definition) is 4. The molecule has 2 amide bonds. The largest absolute Gasteiger partial charge is 0.493 e. The maximum absolute atomic E-state index is 13.5. The number of carboxylic acid groups (broad SMARTS) is 1. The molecule has 3 heterocycles. The van der Waals surface area contributed by atoms with Crippen LogP contribution in [0.15, 0.2) is 12.1 Å². The van der Waals surface area contributed by atoms with Crippen LogP contribution in [0.25, 0.3) is 11.1 Å². The van der Waals surface area contributed by atoms with Gasteiger partial charge in [0, 0.05) is 31.7 Å². The molecular weight excluding hydrogens is 492 g/mol. The summed E-state index contributed by atoms with van der Waals surface area (Å²) in [6, 6.07) is 4.17.